The summed E-state index contributed by atoms with van der Waals surface area (Å²) in [5.41, 5.74) is -1.63. The Labute approximate surface area is 330 Å². The fourth-order valence-electron chi connectivity index (χ4n) is 5.52. The number of nitrogens with zero attached hydrogens (tertiary/aromatic N) is 3. The molecule has 1 fully saturated rings. The Kier molecular flexibility index (Phi) is 15.7. The second-order valence-electron chi connectivity index (χ2n) is 15.9. The van der Waals surface area contributed by atoms with Crippen molar-refractivity contribution in [3.05, 3.63) is 53.6 Å². The molecule has 0 saturated heterocycles. The van der Waals surface area contributed by atoms with Crippen LogP contribution in [0, 0.1) is 0 Å². The van der Waals surface area contributed by atoms with Crippen molar-refractivity contribution in [1.29, 1.82) is 0 Å². The highest BCUT2D eigenvalue weighted by atomic mass is 32.1. The van der Waals surface area contributed by atoms with E-state index in [1.165, 1.54) is 31.3 Å². The van der Waals surface area contributed by atoms with Gasteiger partial charge in [-0.3, -0.25) is 0 Å². The number of rotatable bonds is 10. The summed E-state index contributed by atoms with van der Waals surface area (Å²) in [6.45, 7) is 15.4. The minimum absolute atomic E-state index is 0.0606. The standard InChI is InChI=1S/C40H57N3O11S/c1-38(2,3)52-35(45)41-34(42(21-22-55)36(46)53-39(4,5)6)43(37(47)54-40(7,8)9)28-17-19-29(20-18-28)51-33(44)27-23-30(48-10)32(31(24-27)49-11)50-25-26-15-13-12-14-16-26/h12-16,23-24,28-29,55H,17-22,25H2,1-11H3/b41-34+. The van der Waals surface area contributed by atoms with Gasteiger partial charge < -0.3 is 33.2 Å². The molecular formula is C40H57N3O11S. The van der Waals surface area contributed by atoms with Crippen LogP contribution in [-0.2, 0) is 25.6 Å². The largest absolute Gasteiger partial charge is 0.493 e. The third-order valence-electron chi connectivity index (χ3n) is 7.77. The van der Waals surface area contributed by atoms with Crippen LogP contribution in [0.2, 0.25) is 0 Å². The maximum atomic E-state index is 14.1. The number of amides is 3. The summed E-state index contributed by atoms with van der Waals surface area (Å²) < 4.78 is 40.1. The second-order valence-corrected chi connectivity index (χ2v) is 16.4. The van der Waals surface area contributed by atoms with Gasteiger partial charge in [-0.2, -0.15) is 12.6 Å². The average molecular weight is 788 g/mol. The number of carbonyl (C=O) groups excluding carboxylic acids is 4. The van der Waals surface area contributed by atoms with Crippen molar-refractivity contribution in [1.82, 2.24) is 9.80 Å². The number of guanidine groups is 1. The molecule has 3 rings (SSSR count). The molecule has 304 valence electrons. The molecule has 0 atom stereocenters. The molecule has 1 aliphatic rings. The van der Waals surface area contributed by atoms with E-state index in [1.807, 2.05) is 30.3 Å². The Bertz CT molecular complexity index is 1630. The van der Waals surface area contributed by atoms with Crippen molar-refractivity contribution in [2.45, 2.75) is 124 Å². The zero-order valence-corrected chi connectivity index (χ0v) is 34.8. The van der Waals surface area contributed by atoms with Gasteiger partial charge in [0, 0.05) is 18.3 Å². The summed E-state index contributed by atoms with van der Waals surface area (Å²) in [5.74, 6) is 0.165. The summed E-state index contributed by atoms with van der Waals surface area (Å²) in [5, 5.41) is 0. The number of ether oxygens (including phenoxy) is 7. The van der Waals surface area contributed by atoms with Gasteiger partial charge in [0.25, 0.3) is 0 Å². The molecule has 55 heavy (non-hydrogen) atoms. The van der Waals surface area contributed by atoms with E-state index in [9.17, 15) is 19.2 Å². The van der Waals surface area contributed by atoms with E-state index in [0.29, 0.717) is 42.9 Å². The van der Waals surface area contributed by atoms with Gasteiger partial charge in [-0.25, -0.2) is 29.0 Å². The van der Waals surface area contributed by atoms with Crippen LogP contribution in [0.3, 0.4) is 0 Å². The SMILES string of the molecule is COc1cc(C(=O)OC2CCC(N(C(=O)OC(C)(C)C)/C(=N/C(=O)OC(C)(C)C)N(CCS)C(=O)OC(C)(C)C)CC2)cc(OC)c1OCc1ccccc1. The monoisotopic (exact) mass is 787 g/mol. The quantitative estimate of drug-likeness (QED) is 0.0812. The lowest BCUT2D eigenvalue weighted by molar-refractivity contribution is 0.00316. The number of carbonyl (C=O) groups is 4. The molecule has 0 aliphatic heterocycles. The van der Waals surface area contributed by atoms with E-state index in [0.717, 1.165) is 10.5 Å². The minimum Gasteiger partial charge on any atom is -0.493 e. The lowest BCUT2D eigenvalue weighted by atomic mass is 9.92. The highest BCUT2D eigenvalue weighted by Crippen LogP contribution is 2.40. The third-order valence-corrected chi connectivity index (χ3v) is 7.97. The predicted molar refractivity (Wildman–Crippen MR) is 210 cm³/mol. The smallest absolute Gasteiger partial charge is 0.437 e. The van der Waals surface area contributed by atoms with Crippen LogP contribution < -0.4 is 14.2 Å². The molecule has 2 aromatic carbocycles. The zero-order chi connectivity index (χ0) is 41.1. The molecule has 0 aromatic heterocycles. The van der Waals surface area contributed by atoms with Crippen LogP contribution in [0.4, 0.5) is 14.4 Å². The zero-order valence-electron chi connectivity index (χ0n) is 33.9. The number of benzene rings is 2. The van der Waals surface area contributed by atoms with Crippen LogP contribution in [0.25, 0.3) is 0 Å². The van der Waals surface area contributed by atoms with Gasteiger partial charge in [0.15, 0.2) is 11.5 Å². The normalized spacial score (nSPS) is 16.3. The van der Waals surface area contributed by atoms with Crippen molar-refractivity contribution < 1.29 is 52.3 Å². The Morgan fingerprint density at radius 3 is 1.78 bits per heavy atom. The van der Waals surface area contributed by atoms with E-state index < -0.39 is 53.2 Å². The van der Waals surface area contributed by atoms with Crippen LogP contribution >= 0.6 is 12.6 Å². The first-order valence-corrected chi connectivity index (χ1v) is 18.9. The number of hydrogen-bond donors (Lipinski definition) is 1. The molecule has 0 heterocycles. The summed E-state index contributed by atoms with van der Waals surface area (Å²) in [6.07, 6.45) is -1.96. The molecule has 0 spiro atoms. The molecule has 0 unspecified atom stereocenters. The third kappa shape index (κ3) is 14.2. The van der Waals surface area contributed by atoms with E-state index >= 15 is 0 Å². The maximum Gasteiger partial charge on any atom is 0.437 e. The van der Waals surface area contributed by atoms with Crippen molar-refractivity contribution in [2.75, 3.05) is 26.5 Å². The molecule has 3 amide bonds. The van der Waals surface area contributed by atoms with Crippen molar-refractivity contribution in [2.24, 2.45) is 4.99 Å². The highest BCUT2D eigenvalue weighted by Gasteiger charge is 2.41. The van der Waals surface area contributed by atoms with Gasteiger partial charge in [-0.05, 0) is 106 Å². The van der Waals surface area contributed by atoms with E-state index in [-0.39, 0.29) is 30.4 Å². The summed E-state index contributed by atoms with van der Waals surface area (Å²) >= 11 is 4.34. The van der Waals surface area contributed by atoms with Gasteiger partial charge in [0.05, 0.1) is 19.8 Å². The van der Waals surface area contributed by atoms with Crippen LogP contribution in [-0.4, -0.2) is 95.5 Å². The Balaban J connectivity index is 1.91. The van der Waals surface area contributed by atoms with E-state index in [2.05, 4.69) is 17.6 Å². The van der Waals surface area contributed by atoms with Gasteiger partial charge in [0.1, 0.15) is 29.5 Å². The highest BCUT2D eigenvalue weighted by molar-refractivity contribution is 7.80. The molecule has 0 N–H and O–H groups in total. The molecule has 15 heteroatoms. The molecule has 1 saturated carbocycles. The number of esters is 1. The van der Waals surface area contributed by atoms with Crippen molar-refractivity contribution >= 4 is 42.8 Å². The van der Waals surface area contributed by atoms with Gasteiger partial charge in [-0.15, -0.1) is 4.99 Å². The van der Waals surface area contributed by atoms with Gasteiger partial charge in [-0.1, -0.05) is 30.3 Å². The van der Waals surface area contributed by atoms with E-state index in [1.54, 1.807) is 62.3 Å². The lowest BCUT2D eigenvalue weighted by Gasteiger charge is -2.40. The van der Waals surface area contributed by atoms with Crippen LogP contribution in [0.1, 0.15) is 104 Å². The molecule has 0 bridgehead atoms. The number of aliphatic imine (C=N–C) groups is 1. The first-order chi connectivity index (χ1) is 25.6. The Morgan fingerprint density at radius 2 is 1.29 bits per heavy atom. The molecule has 1 aliphatic carbocycles. The summed E-state index contributed by atoms with van der Waals surface area (Å²) in [4.78, 5) is 60.9. The van der Waals surface area contributed by atoms with Crippen LogP contribution in [0.5, 0.6) is 17.2 Å². The van der Waals surface area contributed by atoms with Crippen molar-refractivity contribution in [3.63, 3.8) is 0 Å². The Morgan fingerprint density at radius 1 is 0.764 bits per heavy atom. The Hall–Kier alpha value is -4.66. The van der Waals surface area contributed by atoms with Gasteiger partial charge in [0.2, 0.25) is 11.7 Å². The van der Waals surface area contributed by atoms with Crippen LogP contribution in [0.15, 0.2) is 47.5 Å². The first-order valence-electron chi connectivity index (χ1n) is 18.2. The summed E-state index contributed by atoms with van der Waals surface area (Å²) in [6, 6.07) is 12.0. The number of methoxy groups -OCH3 is 2. The second kappa shape index (κ2) is 19.3. The number of hydrogen-bond acceptors (Lipinski definition) is 12. The first kappa shape index (κ1) is 44.7. The fraction of sp³-hybridized carbons (Fsp3) is 0.575. The lowest BCUT2D eigenvalue weighted by Crippen LogP contribution is -2.57. The summed E-state index contributed by atoms with van der Waals surface area (Å²) in [7, 11) is 2.94. The molecule has 2 aromatic rings. The predicted octanol–water partition coefficient (Wildman–Crippen LogP) is 8.45. The maximum absolute atomic E-state index is 14.1. The number of thiol groups is 1. The molecule has 0 radical (unpaired) electrons. The van der Waals surface area contributed by atoms with Crippen molar-refractivity contribution in [3.8, 4) is 17.2 Å². The molecule has 14 nitrogen and oxygen atoms in total. The fourth-order valence-corrected chi connectivity index (χ4v) is 5.72. The molecular weight excluding hydrogens is 731 g/mol. The van der Waals surface area contributed by atoms with Gasteiger partial charge >= 0.3 is 24.2 Å². The topological polar surface area (TPSA) is 152 Å². The minimum atomic E-state index is -1.02. The van der Waals surface area contributed by atoms with E-state index in [4.69, 9.17) is 33.2 Å². The average Bonchev–Trinajstić information content (AvgIpc) is 3.07.